The number of aliphatic hydroxyl groups excluding tert-OH is 1. The van der Waals surface area contributed by atoms with Crippen LogP contribution in [0.5, 0.6) is 0 Å². The zero-order chi connectivity index (χ0) is 33.4. The summed E-state index contributed by atoms with van der Waals surface area (Å²) in [4.78, 5) is 24.5. The number of ketones is 1. The number of carbonyl (C=O) groups is 2. The van der Waals surface area contributed by atoms with Gasteiger partial charge in [-0.2, -0.15) is 0 Å². The van der Waals surface area contributed by atoms with Gasteiger partial charge in [-0.05, 0) is 62.5 Å². The van der Waals surface area contributed by atoms with Crippen LogP contribution in [0.4, 0.5) is 0 Å². The summed E-state index contributed by atoms with van der Waals surface area (Å²) in [6.45, 7) is 26.5. The molecule has 0 spiro atoms. The summed E-state index contributed by atoms with van der Waals surface area (Å²) < 4.78 is 20.1. The van der Waals surface area contributed by atoms with E-state index in [1.807, 2.05) is 0 Å². The molecule has 43 heavy (non-hydrogen) atoms. The van der Waals surface area contributed by atoms with Gasteiger partial charge in [-0.3, -0.25) is 9.59 Å². The molecule has 2 N–H and O–H groups in total. The molecule has 0 radical (unpaired) electrons. The molecule has 6 atom stereocenters. The van der Waals surface area contributed by atoms with Gasteiger partial charge in [0.05, 0.1) is 29.8 Å². The summed E-state index contributed by atoms with van der Waals surface area (Å²) in [6, 6.07) is 0. The van der Waals surface area contributed by atoms with Gasteiger partial charge >= 0.3 is 5.97 Å². The molecular formula is C34H66O7Si2. The number of carboxylic acid groups (broad SMARTS) is 1. The fourth-order valence-electron chi connectivity index (χ4n) is 5.27. The Morgan fingerprint density at radius 2 is 1.56 bits per heavy atom. The lowest BCUT2D eigenvalue weighted by Crippen LogP contribution is -2.51. The van der Waals surface area contributed by atoms with Crippen LogP contribution in [0, 0.1) is 11.8 Å². The normalized spacial score (nSPS) is 23.5. The van der Waals surface area contributed by atoms with Gasteiger partial charge in [0.2, 0.25) is 0 Å². The number of ether oxygens (including phenoxy) is 1. The van der Waals surface area contributed by atoms with Gasteiger partial charge in [0, 0.05) is 25.9 Å². The minimum Gasteiger partial charge on any atom is -0.481 e. The van der Waals surface area contributed by atoms with E-state index in [0.717, 1.165) is 19.3 Å². The standard InChI is InChI=1S/C34H66O7Si2/c1-14-15-23-34(8,39-9)29(41-43(12,13)33(5,6)7)22-21-25-28(40-42(10,11)32(2,3)4)24-27(36)31(25)26(35)19-17-16-18-20-30(37)38/h21-22,25-26,28-29,31,35H,14-20,23-24H2,1-13H3,(H,37,38)/t25-,26?,28+,29+,31+,34+/m0/s1. The Balaban J connectivity index is 3.51. The van der Waals surface area contributed by atoms with Crippen molar-refractivity contribution in [1.29, 1.82) is 0 Å². The molecule has 0 saturated heterocycles. The molecule has 1 aliphatic rings. The number of carbonyl (C=O) groups excluding carboxylic acids is 1. The quantitative estimate of drug-likeness (QED) is 0.0878. The molecule has 0 aliphatic heterocycles. The first-order chi connectivity index (χ1) is 19.5. The molecular weight excluding hydrogens is 577 g/mol. The van der Waals surface area contributed by atoms with Crippen LogP contribution in [0.15, 0.2) is 12.2 Å². The lowest BCUT2D eigenvalue weighted by molar-refractivity contribution is -0.137. The van der Waals surface area contributed by atoms with Crippen LogP contribution >= 0.6 is 0 Å². The third-order valence-corrected chi connectivity index (χ3v) is 19.5. The van der Waals surface area contributed by atoms with Crippen LogP contribution in [-0.2, 0) is 23.2 Å². The predicted octanol–water partition coefficient (Wildman–Crippen LogP) is 8.52. The number of rotatable bonds is 18. The van der Waals surface area contributed by atoms with Crippen molar-refractivity contribution in [2.45, 2.75) is 173 Å². The molecule has 1 aliphatic carbocycles. The third-order valence-electron chi connectivity index (χ3n) is 10.5. The zero-order valence-corrected chi connectivity index (χ0v) is 31.8. The monoisotopic (exact) mass is 642 g/mol. The Hall–Kier alpha value is -0.846. The van der Waals surface area contributed by atoms with E-state index in [-0.39, 0.29) is 46.8 Å². The molecule has 0 aromatic rings. The molecule has 7 nitrogen and oxygen atoms in total. The highest BCUT2D eigenvalue weighted by molar-refractivity contribution is 6.74. The number of aliphatic hydroxyl groups is 1. The maximum Gasteiger partial charge on any atom is 0.303 e. The van der Waals surface area contributed by atoms with Gasteiger partial charge in [-0.15, -0.1) is 0 Å². The highest BCUT2D eigenvalue weighted by Crippen LogP contribution is 2.44. The first kappa shape index (κ1) is 40.2. The highest BCUT2D eigenvalue weighted by atomic mass is 28.4. The Kier molecular flexibility index (Phi) is 15.1. The number of methoxy groups -OCH3 is 1. The molecule has 1 fully saturated rings. The van der Waals surface area contributed by atoms with E-state index in [1.165, 1.54) is 0 Å². The first-order valence-electron chi connectivity index (χ1n) is 16.5. The average molecular weight is 643 g/mol. The van der Waals surface area contributed by atoms with Gasteiger partial charge < -0.3 is 23.8 Å². The predicted molar refractivity (Wildman–Crippen MR) is 182 cm³/mol. The van der Waals surface area contributed by atoms with Gasteiger partial charge in [0.25, 0.3) is 0 Å². The average Bonchev–Trinajstić information content (AvgIpc) is 3.16. The SMILES string of the molecule is CCCC[C@@](C)(OC)[C@@H](C=C[C@H]1[C@H](O[Si](C)(C)C(C)(C)C)CC(=O)[C@H]1C(O)CCCCCC(=O)O)O[Si](C)(C)C(C)(C)C. The second-order valence-corrected chi connectivity index (χ2v) is 25.6. The Bertz CT molecular complexity index is 919. The van der Waals surface area contributed by atoms with Crippen LogP contribution in [0.25, 0.3) is 0 Å². The largest absolute Gasteiger partial charge is 0.481 e. The number of carboxylic acids is 1. The number of Topliss-reactive ketones (excluding diaryl/α,β-unsaturated/α-hetero) is 1. The lowest BCUT2D eigenvalue weighted by atomic mass is 9.85. The Morgan fingerprint density at radius 1 is 0.977 bits per heavy atom. The van der Waals surface area contributed by atoms with Gasteiger partial charge in [0.15, 0.2) is 16.6 Å². The molecule has 252 valence electrons. The Labute approximate surface area is 265 Å². The number of hydrogen-bond acceptors (Lipinski definition) is 6. The maximum absolute atomic E-state index is 13.6. The van der Waals surface area contributed by atoms with Crippen LogP contribution < -0.4 is 0 Å². The van der Waals surface area contributed by atoms with Crippen LogP contribution in [0.2, 0.25) is 36.3 Å². The number of aliphatic carboxylic acids is 1. The van der Waals surface area contributed by atoms with Crippen LogP contribution in [0.3, 0.4) is 0 Å². The van der Waals surface area contributed by atoms with Gasteiger partial charge in [0.1, 0.15) is 5.78 Å². The summed E-state index contributed by atoms with van der Waals surface area (Å²) in [6.07, 6.45) is 8.51. The lowest BCUT2D eigenvalue weighted by Gasteiger charge is -2.44. The molecule has 1 saturated carbocycles. The molecule has 0 amide bonds. The summed E-state index contributed by atoms with van der Waals surface area (Å²) in [7, 11) is -2.64. The van der Waals surface area contributed by atoms with Gasteiger partial charge in [-0.1, -0.05) is 86.3 Å². The van der Waals surface area contributed by atoms with E-state index in [4.69, 9.17) is 18.7 Å². The molecule has 0 heterocycles. The number of hydrogen-bond donors (Lipinski definition) is 2. The van der Waals surface area contributed by atoms with E-state index < -0.39 is 40.2 Å². The van der Waals surface area contributed by atoms with Crippen molar-refractivity contribution < 1.29 is 33.4 Å². The van der Waals surface area contributed by atoms with Crippen molar-refractivity contribution in [3.63, 3.8) is 0 Å². The fourth-order valence-corrected chi connectivity index (χ4v) is 7.94. The van der Waals surface area contributed by atoms with Crippen molar-refractivity contribution in [2.75, 3.05) is 7.11 Å². The zero-order valence-electron chi connectivity index (χ0n) is 29.8. The van der Waals surface area contributed by atoms with Gasteiger partial charge in [-0.25, -0.2) is 0 Å². The molecule has 1 unspecified atom stereocenters. The van der Waals surface area contributed by atoms with Crippen molar-refractivity contribution in [3.05, 3.63) is 12.2 Å². The molecule has 0 bridgehead atoms. The molecule has 1 rings (SSSR count). The minimum atomic E-state index is -2.21. The van der Waals surface area contributed by atoms with Crippen molar-refractivity contribution in [1.82, 2.24) is 0 Å². The van der Waals surface area contributed by atoms with Crippen molar-refractivity contribution in [3.8, 4) is 0 Å². The highest BCUT2D eigenvalue weighted by Gasteiger charge is 2.50. The van der Waals surface area contributed by atoms with E-state index in [2.05, 4.69) is 93.7 Å². The molecule has 9 heteroatoms. The Morgan fingerprint density at radius 3 is 2.05 bits per heavy atom. The van der Waals surface area contributed by atoms with Crippen molar-refractivity contribution >= 4 is 28.4 Å². The smallest absolute Gasteiger partial charge is 0.303 e. The van der Waals surface area contributed by atoms with E-state index in [0.29, 0.717) is 25.7 Å². The second kappa shape index (κ2) is 16.1. The summed E-state index contributed by atoms with van der Waals surface area (Å²) in [5, 5.41) is 20.3. The summed E-state index contributed by atoms with van der Waals surface area (Å²) >= 11 is 0. The third kappa shape index (κ3) is 11.5. The first-order valence-corrected chi connectivity index (χ1v) is 22.4. The molecule has 0 aromatic carbocycles. The minimum absolute atomic E-state index is 0.00910. The van der Waals surface area contributed by atoms with Crippen LogP contribution in [0.1, 0.15) is 113 Å². The van der Waals surface area contributed by atoms with E-state index in [1.54, 1.807) is 7.11 Å². The summed E-state index contributed by atoms with van der Waals surface area (Å²) in [5.74, 6) is -1.62. The van der Waals surface area contributed by atoms with E-state index >= 15 is 0 Å². The van der Waals surface area contributed by atoms with Crippen molar-refractivity contribution in [2.24, 2.45) is 11.8 Å². The van der Waals surface area contributed by atoms with E-state index in [9.17, 15) is 14.7 Å². The summed E-state index contributed by atoms with van der Waals surface area (Å²) in [5.41, 5.74) is -0.543. The number of unbranched alkanes of at least 4 members (excludes halogenated alkanes) is 3. The second-order valence-electron chi connectivity index (χ2n) is 16.1. The fraction of sp³-hybridized carbons (Fsp3) is 0.882. The topological polar surface area (TPSA) is 102 Å². The maximum atomic E-state index is 13.6. The van der Waals surface area contributed by atoms with Crippen LogP contribution in [-0.4, -0.2) is 69.6 Å². The molecule has 0 aromatic heterocycles.